The van der Waals surface area contributed by atoms with Crippen molar-refractivity contribution >= 4 is 29.1 Å². The Hall–Kier alpha value is -4.19. The first-order chi connectivity index (χ1) is 19.3. The highest BCUT2D eigenvalue weighted by atomic mass is 32.1. The number of carboxylic acid groups (broad SMARTS) is 1. The number of fused-ring (bicyclic) bond motifs is 1. The number of carbonyl (C=O) groups is 2. The van der Waals surface area contributed by atoms with Gasteiger partial charge in [-0.3, -0.25) is 9.69 Å². The highest BCUT2D eigenvalue weighted by Gasteiger charge is 2.36. The molecule has 3 heterocycles. The maximum absolute atomic E-state index is 13.9. The third kappa shape index (κ3) is 6.12. The van der Waals surface area contributed by atoms with E-state index >= 15 is 0 Å². The summed E-state index contributed by atoms with van der Waals surface area (Å²) in [7, 11) is 0. The maximum Gasteiger partial charge on any atom is 0.417 e. The van der Waals surface area contributed by atoms with Crippen LogP contribution in [-0.4, -0.2) is 39.0 Å². The standard InChI is InChI=1S/C29H26F3N3O5S/c1-28(2,3)39-24(36)11-8-19-14-18-13-16(7-10-22(18)35(19)27(37)38)25-33-26(40-34-25)17-6-9-20(23-5-4-12-41-23)21(15-17)29(30,31)32/h4-7,9-10,12-13,15,19H,8,11,14H2,1-3H3,(H,37,38). The number of carbonyl (C=O) groups excluding carboxylic acids is 1. The summed E-state index contributed by atoms with van der Waals surface area (Å²) in [6, 6.07) is 11.7. The number of hydrogen-bond acceptors (Lipinski definition) is 7. The summed E-state index contributed by atoms with van der Waals surface area (Å²) < 4.78 is 52.3. The van der Waals surface area contributed by atoms with Crippen LogP contribution >= 0.6 is 11.3 Å². The lowest BCUT2D eigenvalue weighted by molar-refractivity contribution is -0.155. The maximum atomic E-state index is 13.9. The summed E-state index contributed by atoms with van der Waals surface area (Å²) in [4.78, 5) is 30.3. The number of alkyl halides is 3. The smallest absolute Gasteiger partial charge is 0.417 e. The zero-order valence-corrected chi connectivity index (χ0v) is 23.2. The molecule has 12 heteroatoms. The number of hydrogen-bond donors (Lipinski definition) is 1. The fraction of sp³-hybridized carbons (Fsp3) is 0.310. The Morgan fingerprint density at radius 1 is 1.12 bits per heavy atom. The Balaban J connectivity index is 1.38. The molecule has 4 aromatic rings. The van der Waals surface area contributed by atoms with Gasteiger partial charge < -0.3 is 14.4 Å². The molecule has 0 spiro atoms. The topological polar surface area (TPSA) is 106 Å². The predicted octanol–water partition coefficient (Wildman–Crippen LogP) is 7.68. The van der Waals surface area contributed by atoms with Gasteiger partial charge in [0.15, 0.2) is 0 Å². The van der Waals surface area contributed by atoms with Crippen LogP contribution in [0, 0.1) is 0 Å². The number of halogens is 3. The Morgan fingerprint density at radius 2 is 1.88 bits per heavy atom. The first kappa shape index (κ1) is 28.3. The van der Waals surface area contributed by atoms with E-state index in [2.05, 4.69) is 10.1 Å². The zero-order chi connectivity index (χ0) is 29.5. The minimum atomic E-state index is -4.59. The molecule has 0 bridgehead atoms. The van der Waals surface area contributed by atoms with E-state index in [1.807, 2.05) is 0 Å². The Kier molecular flexibility index (Phi) is 7.37. The van der Waals surface area contributed by atoms with Crippen LogP contribution < -0.4 is 4.90 Å². The minimum Gasteiger partial charge on any atom is -0.465 e. The molecule has 0 radical (unpaired) electrons. The van der Waals surface area contributed by atoms with Crippen molar-refractivity contribution in [3.8, 4) is 33.3 Å². The molecule has 1 aliphatic heterocycles. The van der Waals surface area contributed by atoms with Crippen LogP contribution in [0.2, 0.25) is 0 Å². The van der Waals surface area contributed by atoms with Crippen molar-refractivity contribution in [2.45, 2.75) is 57.9 Å². The second kappa shape index (κ2) is 10.7. The van der Waals surface area contributed by atoms with Crippen molar-refractivity contribution in [3.05, 3.63) is 65.0 Å². The minimum absolute atomic E-state index is 0.0615. The van der Waals surface area contributed by atoms with Crippen LogP contribution in [0.5, 0.6) is 0 Å². The molecular formula is C29H26F3N3O5S. The molecule has 0 saturated carbocycles. The molecule has 1 unspecified atom stereocenters. The Morgan fingerprint density at radius 3 is 2.54 bits per heavy atom. The van der Waals surface area contributed by atoms with Gasteiger partial charge in [-0.05, 0) is 81.0 Å². The van der Waals surface area contributed by atoms with E-state index in [9.17, 15) is 27.9 Å². The molecule has 2 aromatic heterocycles. The number of rotatable bonds is 6. The summed E-state index contributed by atoms with van der Waals surface area (Å²) in [5.74, 6) is -0.334. The van der Waals surface area contributed by atoms with Gasteiger partial charge in [-0.25, -0.2) is 4.79 Å². The summed E-state index contributed by atoms with van der Waals surface area (Å²) in [6.45, 7) is 5.29. The average molecular weight is 586 g/mol. The van der Waals surface area contributed by atoms with Crippen LogP contribution in [0.1, 0.15) is 44.7 Å². The SMILES string of the molecule is CC(C)(C)OC(=O)CCC1Cc2cc(-c3noc(-c4ccc(-c5cccs5)c(C(F)(F)F)c4)n3)ccc2N1C(=O)O. The summed E-state index contributed by atoms with van der Waals surface area (Å²) in [5, 5.41) is 15.5. The van der Waals surface area contributed by atoms with E-state index < -0.39 is 35.4 Å². The molecule has 1 N–H and O–H groups in total. The highest BCUT2D eigenvalue weighted by molar-refractivity contribution is 7.13. The van der Waals surface area contributed by atoms with Gasteiger partial charge in [-0.1, -0.05) is 17.3 Å². The first-order valence-corrected chi connectivity index (χ1v) is 13.6. The van der Waals surface area contributed by atoms with E-state index in [1.54, 1.807) is 56.5 Å². The fourth-order valence-electron chi connectivity index (χ4n) is 4.85. The fourth-order valence-corrected chi connectivity index (χ4v) is 5.61. The van der Waals surface area contributed by atoms with Gasteiger partial charge in [0.25, 0.3) is 5.89 Å². The largest absolute Gasteiger partial charge is 0.465 e. The van der Waals surface area contributed by atoms with Gasteiger partial charge >= 0.3 is 18.2 Å². The third-order valence-electron chi connectivity index (χ3n) is 6.51. The normalized spacial score (nSPS) is 15.2. The second-order valence-corrected chi connectivity index (χ2v) is 11.6. The van der Waals surface area contributed by atoms with Gasteiger partial charge in [-0.15, -0.1) is 11.3 Å². The third-order valence-corrected chi connectivity index (χ3v) is 7.41. The van der Waals surface area contributed by atoms with E-state index in [1.165, 1.54) is 28.4 Å². The predicted molar refractivity (Wildman–Crippen MR) is 147 cm³/mol. The Labute approximate surface area is 237 Å². The lowest BCUT2D eigenvalue weighted by Crippen LogP contribution is -2.37. The molecule has 41 heavy (non-hydrogen) atoms. The Bertz CT molecular complexity index is 1590. The molecule has 0 fully saturated rings. The van der Waals surface area contributed by atoms with E-state index in [4.69, 9.17) is 9.26 Å². The molecular weight excluding hydrogens is 559 g/mol. The van der Waals surface area contributed by atoms with Crippen LogP contribution in [0.15, 0.2) is 58.4 Å². The molecule has 5 rings (SSSR count). The lowest BCUT2D eigenvalue weighted by atomic mass is 10.0. The number of amides is 1. The van der Waals surface area contributed by atoms with Crippen molar-refractivity contribution in [2.75, 3.05) is 4.90 Å². The molecule has 8 nitrogen and oxygen atoms in total. The molecule has 214 valence electrons. The van der Waals surface area contributed by atoms with Gasteiger partial charge in [-0.2, -0.15) is 18.2 Å². The van der Waals surface area contributed by atoms with Crippen molar-refractivity contribution in [2.24, 2.45) is 0 Å². The number of anilines is 1. The van der Waals surface area contributed by atoms with Gasteiger partial charge in [0.05, 0.1) is 11.3 Å². The first-order valence-electron chi connectivity index (χ1n) is 12.8. The van der Waals surface area contributed by atoms with Crippen LogP contribution in [0.25, 0.3) is 33.3 Å². The van der Waals surface area contributed by atoms with E-state index in [0.717, 1.165) is 6.07 Å². The number of aromatic nitrogens is 2. The number of nitrogens with zero attached hydrogens (tertiary/aromatic N) is 3. The van der Waals surface area contributed by atoms with Gasteiger partial charge in [0.1, 0.15) is 5.60 Å². The zero-order valence-electron chi connectivity index (χ0n) is 22.4. The van der Waals surface area contributed by atoms with Crippen LogP contribution in [0.4, 0.5) is 23.7 Å². The highest BCUT2D eigenvalue weighted by Crippen LogP contribution is 2.41. The molecule has 1 aliphatic rings. The quantitative estimate of drug-likeness (QED) is 0.231. The molecule has 0 saturated heterocycles. The average Bonchev–Trinajstić information content (AvgIpc) is 3.65. The van der Waals surface area contributed by atoms with E-state index in [0.29, 0.717) is 28.1 Å². The molecule has 1 atom stereocenters. The summed E-state index contributed by atoms with van der Waals surface area (Å²) >= 11 is 1.21. The van der Waals surface area contributed by atoms with Crippen LogP contribution in [-0.2, 0) is 22.1 Å². The molecule has 1 amide bonds. The van der Waals surface area contributed by atoms with Gasteiger partial charge in [0.2, 0.25) is 5.82 Å². The number of benzene rings is 2. The van der Waals surface area contributed by atoms with Crippen molar-refractivity contribution in [1.82, 2.24) is 10.1 Å². The summed E-state index contributed by atoms with van der Waals surface area (Å²) in [5.41, 5.74) is 0.462. The molecule has 2 aromatic carbocycles. The number of ether oxygens (including phenoxy) is 1. The van der Waals surface area contributed by atoms with Crippen molar-refractivity contribution in [3.63, 3.8) is 0 Å². The summed E-state index contributed by atoms with van der Waals surface area (Å²) in [6.07, 6.45) is -5.03. The van der Waals surface area contributed by atoms with Crippen molar-refractivity contribution in [1.29, 1.82) is 0 Å². The van der Waals surface area contributed by atoms with E-state index in [-0.39, 0.29) is 35.7 Å². The number of esters is 1. The van der Waals surface area contributed by atoms with Gasteiger partial charge in [0, 0.05) is 34.0 Å². The number of thiophene rings is 1. The monoisotopic (exact) mass is 585 g/mol. The van der Waals surface area contributed by atoms with Crippen molar-refractivity contribution < 1.29 is 37.1 Å². The van der Waals surface area contributed by atoms with Crippen LogP contribution in [0.3, 0.4) is 0 Å². The molecule has 0 aliphatic carbocycles. The lowest BCUT2D eigenvalue weighted by Gasteiger charge is -2.23. The second-order valence-electron chi connectivity index (χ2n) is 10.6.